The molecule has 0 saturated heterocycles. The average Bonchev–Trinajstić information content (AvgIpc) is 3.25. The lowest BCUT2D eigenvalue weighted by Crippen LogP contribution is -2.59. The van der Waals surface area contributed by atoms with Crippen LogP contribution >= 0.6 is 0 Å². The number of allylic oxidation sites excluding steroid dienone is 1. The lowest BCUT2D eigenvalue weighted by Gasteiger charge is -2.59. The van der Waals surface area contributed by atoms with E-state index in [2.05, 4.69) is 12.2 Å². The van der Waals surface area contributed by atoms with Gasteiger partial charge in [0.05, 0.1) is 6.42 Å². The summed E-state index contributed by atoms with van der Waals surface area (Å²) in [6, 6.07) is -1.06. The van der Waals surface area contributed by atoms with Gasteiger partial charge in [0.1, 0.15) is 6.04 Å². The van der Waals surface area contributed by atoms with Gasteiger partial charge in [0, 0.05) is 25.2 Å². The van der Waals surface area contributed by atoms with E-state index in [1.165, 1.54) is 12.5 Å². The van der Waals surface area contributed by atoms with Crippen molar-refractivity contribution in [2.24, 2.45) is 34.5 Å². The highest BCUT2D eigenvalue weighted by atomic mass is 16.6. The molecule has 0 unspecified atom stereocenters. The third-order valence-electron chi connectivity index (χ3n) is 11.6. The number of amides is 1. The molecule has 4 aliphatic carbocycles. The molecule has 10 nitrogen and oxygen atoms in total. The molecule has 0 heterocycles. The highest BCUT2D eigenvalue weighted by Gasteiger charge is 2.68. The van der Waals surface area contributed by atoms with E-state index in [0.717, 1.165) is 32.1 Å². The van der Waals surface area contributed by atoms with Crippen LogP contribution in [0.2, 0.25) is 0 Å². The second kappa shape index (κ2) is 12.5. The van der Waals surface area contributed by atoms with E-state index in [9.17, 15) is 33.9 Å². The lowest BCUT2D eigenvalue weighted by molar-refractivity contribution is -0.191. The van der Waals surface area contributed by atoms with Gasteiger partial charge < -0.3 is 19.9 Å². The number of ketones is 2. The van der Waals surface area contributed by atoms with Crippen LogP contribution in [0.3, 0.4) is 0 Å². The molecule has 0 bridgehead atoms. The van der Waals surface area contributed by atoms with Gasteiger partial charge in [-0.2, -0.15) is 0 Å². The number of rotatable bonds is 11. The Morgan fingerprint density at radius 3 is 2.37 bits per heavy atom. The summed E-state index contributed by atoms with van der Waals surface area (Å²) >= 11 is 0. The first-order valence-corrected chi connectivity index (χ1v) is 15.8. The molecule has 1 amide bonds. The van der Waals surface area contributed by atoms with E-state index in [1.54, 1.807) is 6.92 Å². The Morgan fingerprint density at radius 2 is 1.72 bits per heavy atom. The molecule has 0 aliphatic heterocycles. The molecule has 3 fully saturated rings. The summed E-state index contributed by atoms with van der Waals surface area (Å²) in [6.07, 6.45) is 7.67. The number of hydrogen-bond donors (Lipinski definition) is 2. The molecule has 0 aromatic rings. The van der Waals surface area contributed by atoms with Crippen LogP contribution in [-0.2, 0) is 38.2 Å². The Bertz CT molecular complexity index is 1210. The van der Waals surface area contributed by atoms with Gasteiger partial charge in [-0.15, -0.1) is 0 Å². The van der Waals surface area contributed by atoms with Gasteiger partial charge in [-0.05, 0) is 80.1 Å². The number of fused-ring (bicyclic) bond motifs is 5. The summed E-state index contributed by atoms with van der Waals surface area (Å²) in [6.45, 7) is 8.60. The highest BCUT2D eigenvalue weighted by molar-refractivity contribution is 5.94. The fourth-order valence-electron chi connectivity index (χ4n) is 8.96. The minimum atomic E-state index is -1.41. The molecular weight excluding hydrogens is 554 g/mol. The predicted molar refractivity (Wildman–Crippen MR) is 155 cm³/mol. The SMILES string of the molecule is CC[C@H](C)[C@H](NC(=O)CCC(=O)OCC(=O)[C@@]1(OC(C)=O)CC[C@@H]2[C@@H]3CCC4=CC(=O)CC[C@]4(C)[C@@H]3CC[C@@]21C)C(=O)O. The number of carbonyl (C=O) groups excluding carboxylic acids is 5. The third-order valence-corrected chi connectivity index (χ3v) is 11.6. The Balaban J connectivity index is 1.42. The zero-order valence-electron chi connectivity index (χ0n) is 26.2. The van der Waals surface area contributed by atoms with Crippen LogP contribution in [0.5, 0.6) is 0 Å². The smallest absolute Gasteiger partial charge is 0.326 e. The van der Waals surface area contributed by atoms with Crippen molar-refractivity contribution >= 4 is 35.4 Å². The van der Waals surface area contributed by atoms with Gasteiger partial charge in [0.2, 0.25) is 11.7 Å². The van der Waals surface area contributed by atoms with Crippen molar-refractivity contribution in [2.75, 3.05) is 6.61 Å². The summed E-state index contributed by atoms with van der Waals surface area (Å²) in [5.41, 5.74) is -0.799. The van der Waals surface area contributed by atoms with Crippen LogP contribution in [0, 0.1) is 34.5 Å². The molecule has 2 N–H and O–H groups in total. The molecule has 0 radical (unpaired) electrons. The number of Topliss-reactive ketones (excluding diaryl/α,β-unsaturated/α-hetero) is 1. The Morgan fingerprint density at radius 1 is 1.02 bits per heavy atom. The molecule has 4 aliphatic rings. The average molecular weight is 602 g/mol. The molecular formula is C33H47NO9. The monoisotopic (exact) mass is 601 g/mol. The zero-order valence-corrected chi connectivity index (χ0v) is 26.2. The minimum Gasteiger partial charge on any atom is -0.480 e. The second-order valence-corrected chi connectivity index (χ2v) is 13.7. The normalized spacial score (nSPS) is 34.4. The van der Waals surface area contributed by atoms with Gasteiger partial charge in [-0.1, -0.05) is 39.7 Å². The number of carboxylic acid groups (broad SMARTS) is 1. The number of carbonyl (C=O) groups is 6. The lowest BCUT2D eigenvalue weighted by atomic mass is 9.46. The number of carboxylic acids is 1. The molecule has 0 aromatic heterocycles. The van der Waals surface area contributed by atoms with Crippen LogP contribution in [0.25, 0.3) is 0 Å². The first-order chi connectivity index (χ1) is 20.2. The second-order valence-electron chi connectivity index (χ2n) is 13.7. The molecule has 238 valence electrons. The van der Waals surface area contributed by atoms with Gasteiger partial charge in [-0.3, -0.25) is 24.0 Å². The van der Waals surface area contributed by atoms with Crippen LogP contribution < -0.4 is 5.32 Å². The van der Waals surface area contributed by atoms with Crippen LogP contribution in [0.15, 0.2) is 11.6 Å². The van der Waals surface area contributed by atoms with E-state index >= 15 is 0 Å². The van der Waals surface area contributed by atoms with Crippen molar-refractivity contribution in [3.8, 4) is 0 Å². The maximum Gasteiger partial charge on any atom is 0.326 e. The van der Waals surface area contributed by atoms with Crippen LogP contribution in [0.4, 0.5) is 0 Å². The zero-order chi connectivity index (χ0) is 31.7. The molecule has 0 aromatic carbocycles. The number of aliphatic carboxylic acids is 1. The number of nitrogens with one attached hydrogen (secondary N) is 1. The minimum absolute atomic E-state index is 0.0320. The topological polar surface area (TPSA) is 153 Å². The summed E-state index contributed by atoms with van der Waals surface area (Å²) in [5, 5.41) is 11.8. The van der Waals surface area contributed by atoms with E-state index in [-0.39, 0.29) is 35.9 Å². The summed E-state index contributed by atoms with van der Waals surface area (Å²) in [4.78, 5) is 74.8. The summed E-state index contributed by atoms with van der Waals surface area (Å²) in [5.74, 6) is -2.68. The van der Waals surface area contributed by atoms with Gasteiger partial charge in [0.15, 0.2) is 18.0 Å². The van der Waals surface area contributed by atoms with Crippen molar-refractivity contribution in [1.82, 2.24) is 5.32 Å². The number of ether oxygens (including phenoxy) is 2. The maximum atomic E-state index is 13.9. The van der Waals surface area contributed by atoms with Crippen molar-refractivity contribution in [2.45, 2.75) is 117 Å². The predicted octanol–water partition coefficient (Wildman–Crippen LogP) is 4.33. The van der Waals surface area contributed by atoms with E-state index in [0.29, 0.717) is 37.5 Å². The Labute approximate surface area is 253 Å². The third kappa shape index (κ3) is 6.03. The largest absolute Gasteiger partial charge is 0.480 e. The maximum absolute atomic E-state index is 13.9. The molecule has 3 saturated carbocycles. The summed E-state index contributed by atoms with van der Waals surface area (Å²) < 4.78 is 11.2. The Kier molecular flexibility index (Phi) is 9.57. The number of esters is 2. The molecule has 10 heteroatoms. The van der Waals surface area contributed by atoms with Gasteiger partial charge >= 0.3 is 17.9 Å². The van der Waals surface area contributed by atoms with E-state index in [1.807, 2.05) is 19.9 Å². The first kappa shape index (κ1) is 32.9. The summed E-state index contributed by atoms with van der Waals surface area (Å²) in [7, 11) is 0. The standard InChI is InChI=1S/C33H47NO9/c1-6-19(2)29(30(40)41)34-27(38)9-10-28(39)42-18-26(37)33(43-20(3)35)16-13-25-23-8-7-21-17-22(36)11-14-31(21,4)24(23)12-15-32(25,33)5/h17,19,23-25,29H,6-16,18H2,1-5H3,(H,34,38)(H,40,41)/t19-,23+,24+,25+,29-,31-,32-,33-/m0/s1. The van der Waals surface area contributed by atoms with E-state index < -0.39 is 53.3 Å². The van der Waals surface area contributed by atoms with Gasteiger partial charge in [-0.25, -0.2) is 4.79 Å². The molecule has 0 spiro atoms. The van der Waals surface area contributed by atoms with Crippen molar-refractivity contribution < 1.29 is 43.3 Å². The quantitative estimate of drug-likeness (QED) is 0.330. The highest BCUT2D eigenvalue weighted by Crippen LogP contribution is 2.68. The fraction of sp³-hybridized carbons (Fsp3) is 0.758. The molecule has 43 heavy (non-hydrogen) atoms. The van der Waals surface area contributed by atoms with Crippen molar-refractivity contribution in [1.29, 1.82) is 0 Å². The molecule has 4 rings (SSSR count). The van der Waals surface area contributed by atoms with Gasteiger partial charge in [0.25, 0.3) is 0 Å². The molecule has 8 atom stereocenters. The van der Waals surface area contributed by atoms with Crippen molar-refractivity contribution in [3.05, 3.63) is 11.6 Å². The Hall–Kier alpha value is -3.04. The van der Waals surface area contributed by atoms with Crippen molar-refractivity contribution in [3.63, 3.8) is 0 Å². The van der Waals surface area contributed by atoms with Crippen LogP contribution in [-0.4, -0.2) is 58.7 Å². The fourth-order valence-corrected chi connectivity index (χ4v) is 8.96. The van der Waals surface area contributed by atoms with E-state index in [4.69, 9.17) is 9.47 Å². The number of hydrogen-bond acceptors (Lipinski definition) is 8. The van der Waals surface area contributed by atoms with Crippen LogP contribution in [0.1, 0.15) is 105 Å². The first-order valence-electron chi connectivity index (χ1n) is 15.8.